The van der Waals surface area contributed by atoms with E-state index >= 15 is 0 Å². The lowest BCUT2D eigenvalue weighted by atomic mass is 9.85. The molecule has 2 fully saturated rings. The number of carbonyl (C=O) groups excluding carboxylic acids is 1. The van der Waals surface area contributed by atoms with Crippen molar-refractivity contribution in [1.82, 2.24) is 15.1 Å². The van der Waals surface area contributed by atoms with Crippen LogP contribution in [-0.4, -0.2) is 78.3 Å². The summed E-state index contributed by atoms with van der Waals surface area (Å²) in [4.78, 5) is 29.4. The normalized spacial score (nSPS) is 22.5. The van der Waals surface area contributed by atoms with Gasteiger partial charge in [0.05, 0.1) is 17.3 Å². The summed E-state index contributed by atoms with van der Waals surface area (Å²) < 4.78 is 0. The second-order valence-corrected chi connectivity index (χ2v) is 7.56. The van der Waals surface area contributed by atoms with E-state index in [1.807, 2.05) is 41.0 Å². The molecule has 1 saturated heterocycles. The van der Waals surface area contributed by atoms with Gasteiger partial charge in [-0.15, -0.1) is 0 Å². The Labute approximate surface area is 164 Å². The van der Waals surface area contributed by atoms with Crippen molar-refractivity contribution in [2.24, 2.45) is 0 Å². The highest BCUT2D eigenvalue weighted by molar-refractivity contribution is 6.33. The summed E-state index contributed by atoms with van der Waals surface area (Å²) in [5.74, 6) is -0.805. The van der Waals surface area contributed by atoms with Gasteiger partial charge in [-0.3, -0.25) is 9.69 Å². The average Bonchev–Trinajstić information content (AvgIpc) is 2.63. The van der Waals surface area contributed by atoms with E-state index in [1.54, 1.807) is 0 Å². The van der Waals surface area contributed by atoms with Crippen molar-refractivity contribution in [1.29, 1.82) is 0 Å². The van der Waals surface area contributed by atoms with E-state index in [-0.39, 0.29) is 24.7 Å². The predicted molar refractivity (Wildman–Crippen MR) is 105 cm³/mol. The van der Waals surface area contributed by atoms with Gasteiger partial charge >= 0.3 is 12.0 Å². The lowest BCUT2D eigenvalue weighted by Gasteiger charge is -2.43. The van der Waals surface area contributed by atoms with Crippen LogP contribution in [0.4, 0.5) is 10.5 Å². The van der Waals surface area contributed by atoms with E-state index in [0.29, 0.717) is 19.6 Å². The molecule has 1 heterocycles. The summed E-state index contributed by atoms with van der Waals surface area (Å²) >= 11 is 6.26. The fraction of sp³-hybridized carbons (Fsp3) is 0.579. The third kappa shape index (κ3) is 4.84. The van der Waals surface area contributed by atoms with E-state index in [4.69, 9.17) is 16.7 Å². The molecule has 1 saturated carbocycles. The molecule has 1 aliphatic carbocycles. The Balaban J connectivity index is 1.42. The molecule has 0 atom stereocenters. The number of para-hydroxylation sites is 1. The first kappa shape index (κ1) is 19.8. The van der Waals surface area contributed by atoms with Crippen LogP contribution in [0.3, 0.4) is 0 Å². The number of hydrogen-bond donors (Lipinski definition) is 2. The van der Waals surface area contributed by atoms with Crippen LogP contribution in [0.1, 0.15) is 19.8 Å². The van der Waals surface area contributed by atoms with Gasteiger partial charge in [-0.05, 0) is 31.5 Å². The zero-order valence-corrected chi connectivity index (χ0v) is 16.4. The number of halogens is 1. The molecule has 27 heavy (non-hydrogen) atoms. The first-order valence-electron chi connectivity index (χ1n) is 9.48. The summed E-state index contributed by atoms with van der Waals surface area (Å²) in [6.07, 6.45) is 1.62. The SMILES string of the molecule is CCN(CC(=O)O)C1CC(NC(=O)N2CCN(c3ccccc3Cl)CC2)C1. The molecule has 1 aromatic rings. The van der Waals surface area contributed by atoms with Crippen LogP contribution in [0.2, 0.25) is 5.02 Å². The number of carboxylic acid groups (broad SMARTS) is 1. The number of hydrogen-bond acceptors (Lipinski definition) is 4. The maximum atomic E-state index is 12.5. The minimum absolute atomic E-state index is 0.0291. The number of likely N-dealkylation sites (N-methyl/N-ethyl adjacent to an activating group) is 1. The molecule has 2 amide bonds. The topological polar surface area (TPSA) is 76.1 Å². The molecule has 0 aromatic heterocycles. The minimum Gasteiger partial charge on any atom is -0.480 e. The van der Waals surface area contributed by atoms with Crippen LogP contribution in [0.15, 0.2) is 24.3 Å². The monoisotopic (exact) mass is 394 g/mol. The highest BCUT2D eigenvalue weighted by Crippen LogP contribution is 2.27. The summed E-state index contributed by atoms with van der Waals surface area (Å²) in [5, 5.41) is 12.8. The van der Waals surface area contributed by atoms with E-state index in [0.717, 1.165) is 36.6 Å². The molecule has 3 rings (SSSR count). The third-order valence-corrected chi connectivity index (χ3v) is 5.78. The first-order valence-corrected chi connectivity index (χ1v) is 9.86. The number of rotatable bonds is 6. The molecule has 8 heteroatoms. The highest BCUT2D eigenvalue weighted by Gasteiger charge is 2.35. The molecule has 0 radical (unpaired) electrons. The van der Waals surface area contributed by atoms with Gasteiger partial charge in [0.25, 0.3) is 0 Å². The smallest absolute Gasteiger partial charge is 0.317 e. The van der Waals surface area contributed by atoms with Gasteiger partial charge in [0, 0.05) is 38.3 Å². The van der Waals surface area contributed by atoms with E-state index in [2.05, 4.69) is 10.2 Å². The molecule has 2 N–H and O–H groups in total. The van der Waals surface area contributed by atoms with Crippen LogP contribution in [0.25, 0.3) is 0 Å². The fourth-order valence-corrected chi connectivity index (χ4v) is 4.06. The summed E-state index contributed by atoms with van der Waals surface area (Å²) in [6.45, 7) is 5.57. The molecular weight excluding hydrogens is 368 g/mol. The van der Waals surface area contributed by atoms with Crippen molar-refractivity contribution in [3.63, 3.8) is 0 Å². The Bertz CT molecular complexity index is 673. The zero-order valence-electron chi connectivity index (χ0n) is 15.6. The number of anilines is 1. The molecular formula is C19H27ClN4O3. The van der Waals surface area contributed by atoms with Gasteiger partial charge < -0.3 is 20.2 Å². The highest BCUT2D eigenvalue weighted by atomic mass is 35.5. The molecule has 1 aromatic carbocycles. The first-order chi connectivity index (χ1) is 13.0. The Morgan fingerprint density at radius 3 is 2.48 bits per heavy atom. The molecule has 0 unspecified atom stereocenters. The van der Waals surface area contributed by atoms with Gasteiger partial charge in [0.1, 0.15) is 0 Å². The van der Waals surface area contributed by atoms with Gasteiger partial charge in [-0.2, -0.15) is 0 Å². The number of amides is 2. The van der Waals surface area contributed by atoms with Gasteiger partial charge in [0.15, 0.2) is 0 Å². The fourth-order valence-electron chi connectivity index (χ4n) is 3.80. The standard InChI is InChI=1S/C19H27ClN4O3/c1-2-22(13-18(25)26)15-11-14(12-15)21-19(27)24-9-7-23(8-10-24)17-6-4-3-5-16(17)20/h3-6,14-15H,2,7-13H2,1H3,(H,21,27)(H,25,26). The number of carbonyl (C=O) groups is 2. The maximum absolute atomic E-state index is 12.5. The Hall–Kier alpha value is -1.99. The quantitative estimate of drug-likeness (QED) is 0.772. The number of urea groups is 1. The maximum Gasteiger partial charge on any atom is 0.317 e. The molecule has 0 spiro atoms. The predicted octanol–water partition coefficient (Wildman–Crippen LogP) is 2.11. The van der Waals surface area contributed by atoms with E-state index < -0.39 is 5.97 Å². The van der Waals surface area contributed by atoms with Crippen molar-refractivity contribution in [3.8, 4) is 0 Å². The van der Waals surface area contributed by atoms with E-state index in [1.165, 1.54) is 0 Å². The summed E-state index contributed by atoms with van der Waals surface area (Å²) in [5.41, 5.74) is 1.01. The lowest BCUT2D eigenvalue weighted by molar-refractivity contribution is -0.139. The van der Waals surface area contributed by atoms with Crippen LogP contribution < -0.4 is 10.2 Å². The Morgan fingerprint density at radius 1 is 1.22 bits per heavy atom. The summed E-state index contributed by atoms with van der Waals surface area (Å²) in [6, 6.07) is 8.12. The van der Waals surface area contributed by atoms with Gasteiger partial charge in [-0.1, -0.05) is 30.7 Å². The van der Waals surface area contributed by atoms with Crippen molar-refractivity contribution in [2.45, 2.75) is 31.8 Å². The number of nitrogens with one attached hydrogen (secondary N) is 1. The van der Waals surface area contributed by atoms with E-state index in [9.17, 15) is 9.59 Å². The number of carboxylic acids is 1. The van der Waals surface area contributed by atoms with Crippen molar-refractivity contribution < 1.29 is 14.7 Å². The van der Waals surface area contributed by atoms with Crippen molar-refractivity contribution in [2.75, 3.05) is 44.2 Å². The lowest BCUT2D eigenvalue weighted by Crippen LogP contribution is -2.59. The number of nitrogens with zero attached hydrogens (tertiary/aromatic N) is 3. The van der Waals surface area contributed by atoms with Gasteiger partial charge in [-0.25, -0.2) is 4.79 Å². The minimum atomic E-state index is -0.805. The van der Waals surface area contributed by atoms with Crippen LogP contribution >= 0.6 is 11.6 Å². The molecule has 2 aliphatic rings. The Morgan fingerprint density at radius 2 is 1.89 bits per heavy atom. The molecule has 7 nitrogen and oxygen atoms in total. The molecule has 0 bridgehead atoms. The number of benzene rings is 1. The van der Waals surface area contributed by atoms with Crippen LogP contribution in [-0.2, 0) is 4.79 Å². The second kappa shape index (κ2) is 8.80. The van der Waals surface area contributed by atoms with Crippen LogP contribution in [0.5, 0.6) is 0 Å². The molecule has 148 valence electrons. The van der Waals surface area contributed by atoms with Crippen molar-refractivity contribution in [3.05, 3.63) is 29.3 Å². The largest absolute Gasteiger partial charge is 0.480 e. The Kier molecular flexibility index (Phi) is 6.44. The van der Waals surface area contributed by atoms with Crippen molar-refractivity contribution >= 4 is 29.3 Å². The summed E-state index contributed by atoms with van der Waals surface area (Å²) in [7, 11) is 0. The zero-order chi connectivity index (χ0) is 19.4. The second-order valence-electron chi connectivity index (χ2n) is 7.15. The average molecular weight is 395 g/mol. The van der Waals surface area contributed by atoms with Crippen LogP contribution in [0, 0.1) is 0 Å². The number of piperazine rings is 1. The number of aliphatic carboxylic acids is 1. The molecule has 1 aliphatic heterocycles. The third-order valence-electron chi connectivity index (χ3n) is 5.46. The van der Waals surface area contributed by atoms with Gasteiger partial charge in [0.2, 0.25) is 0 Å².